The lowest BCUT2D eigenvalue weighted by atomic mass is 9.79. The van der Waals surface area contributed by atoms with Crippen LogP contribution < -0.4 is 9.13 Å². The molecule has 0 bridgehead atoms. The standard InChI is InChI=1S/C30H31N3O/c1-5-23-16-17-28-29(25-13-7-6-12-24(25)26-14-8-11-19-33(26)28)20(2)32-18-10-9-15-27(32)30(23)21(3)34-22(4)31/h6-15,18-19,28-29,31H,2-3,5,16-17H2,1,4H3/q+2/b30-23-,31-22?. The van der Waals surface area contributed by atoms with Crippen LogP contribution in [0.3, 0.4) is 0 Å². The van der Waals surface area contributed by atoms with Gasteiger partial charge in [-0.3, -0.25) is 5.41 Å². The molecule has 0 amide bonds. The van der Waals surface area contributed by atoms with Gasteiger partial charge in [0.1, 0.15) is 11.7 Å². The van der Waals surface area contributed by atoms with E-state index in [0.29, 0.717) is 5.76 Å². The van der Waals surface area contributed by atoms with Crippen molar-refractivity contribution in [2.24, 2.45) is 0 Å². The van der Waals surface area contributed by atoms with Crippen molar-refractivity contribution in [1.29, 1.82) is 5.41 Å². The molecule has 1 aromatic carbocycles. The largest absolute Gasteiger partial charge is 0.444 e. The molecule has 0 fully saturated rings. The van der Waals surface area contributed by atoms with Gasteiger partial charge >= 0.3 is 0 Å². The first-order chi connectivity index (χ1) is 16.5. The Morgan fingerprint density at radius 1 is 1.03 bits per heavy atom. The van der Waals surface area contributed by atoms with Gasteiger partial charge in [0.25, 0.3) is 0 Å². The zero-order valence-corrected chi connectivity index (χ0v) is 19.9. The van der Waals surface area contributed by atoms with Crippen molar-refractivity contribution < 1.29 is 13.9 Å². The number of aromatic nitrogens is 2. The summed E-state index contributed by atoms with van der Waals surface area (Å²) in [5.74, 6) is 0.787. The Morgan fingerprint density at radius 3 is 2.50 bits per heavy atom. The Hall–Kier alpha value is -3.79. The number of pyridine rings is 2. The second kappa shape index (κ2) is 8.86. The number of hydrogen-bond donors (Lipinski definition) is 1. The minimum Gasteiger partial charge on any atom is -0.444 e. The highest BCUT2D eigenvalue weighted by Gasteiger charge is 2.46. The van der Waals surface area contributed by atoms with E-state index in [-0.39, 0.29) is 17.9 Å². The quantitative estimate of drug-likeness (QED) is 0.219. The van der Waals surface area contributed by atoms with Crippen LogP contribution in [-0.2, 0) is 4.74 Å². The maximum Gasteiger partial charge on any atom is 0.221 e. The van der Waals surface area contributed by atoms with Crippen molar-refractivity contribution in [2.45, 2.75) is 45.1 Å². The van der Waals surface area contributed by atoms with Gasteiger partial charge in [0.15, 0.2) is 30.0 Å². The van der Waals surface area contributed by atoms with E-state index >= 15 is 0 Å². The number of ether oxygens (including phenoxy) is 1. The number of hydrogen-bond acceptors (Lipinski definition) is 2. The van der Waals surface area contributed by atoms with Crippen molar-refractivity contribution in [3.05, 3.63) is 109 Å². The van der Waals surface area contributed by atoms with Gasteiger partial charge in [-0.05, 0) is 43.2 Å². The lowest BCUT2D eigenvalue weighted by Crippen LogP contribution is -2.50. The first kappa shape index (κ1) is 22.0. The minimum atomic E-state index is 0.123. The molecule has 2 aromatic heterocycles. The first-order valence-electron chi connectivity index (χ1n) is 11.9. The molecule has 0 saturated heterocycles. The van der Waals surface area contributed by atoms with Crippen molar-refractivity contribution >= 4 is 17.2 Å². The van der Waals surface area contributed by atoms with E-state index in [0.717, 1.165) is 36.2 Å². The average molecular weight is 450 g/mol. The topological polar surface area (TPSA) is 40.8 Å². The van der Waals surface area contributed by atoms with Crippen LogP contribution in [0.2, 0.25) is 0 Å². The molecule has 0 aliphatic carbocycles. The molecule has 34 heavy (non-hydrogen) atoms. The van der Waals surface area contributed by atoms with Gasteiger partial charge in [0.2, 0.25) is 11.4 Å². The lowest BCUT2D eigenvalue weighted by molar-refractivity contribution is -0.720. The molecule has 3 aromatic rings. The van der Waals surface area contributed by atoms with Crippen LogP contribution in [0.25, 0.3) is 22.5 Å². The second-order valence-corrected chi connectivity index (χ2v) is 9.02. The monoisotopic (exact) mass is 449 g/mol. The Morgan fingerprint density at radius 2 is 1.74 bits per heavy atom. The highest BCUT2D eigenvalue weighted by Crippen LogP contribution is 2.45. The molecule has 4 heteroatoms. The Balaban J connectivity index is 1.77. The van der Waals surface area contributed by atoms with E-state index in [1.807, 2.05) is 12.1 Å². The molecule has 0 saturated carbocycles. The fourth-order valence-corrected chi connectivity index (χ4v) is 5.65. The van der Waals surface area contributed by atoms with Crippen LogP contribution in [0.1, 0.15) is 56.3 Å². The normalized spacial score (nSPS) is 21.1. The molecule has 2 aliphatic rings. The molecule has 0 radical (unpaired) electrons. The van der Waals surface area contributed by atoms with Crippen molar-refractivity contribution in [1.82, 2.24) is 0 Å². The third kappa shape index (κ3) is 3.60. The SMILES string of the molecule is C=C(OC(C)=N)/C1=C(\CC)CCC2C(C(=C)[n+]3ccccc31)c1ccccc1-c1cccc[n+]12. The zero-order valence-electron chi connectivity index (χ0n) is 19.9. The third-order valence-corrected chi connectivity index (χ3v) is 7.07. The van der Waals surface area contributed by atoms with Crippen LogP contribution >= 0.6 is 0 Å². The lowest BCUT2D eigenvalue weighted by Gasteiger charge is -2.29. The summed E-state index contributed by atoms with van der Waals surface area (Å²) < 4.78 is 10.4. The number of nitrogens with one attached hydrogen (secondary N) is 1. The smallest absolute Gasteiger partial charge is 0.221 e. The van der Waals surface area contributed by atoms with E-state index in [1.165, 1.54) is 22.4 Å². The highest BCUT2D eigenvalue weighted by atomic mass is 16.5. The van der Waals surface area contributed by atoms with Crippen molar-refractivity contribution in [3.63, 3.8) is 0 Å². The maximum atomic E-state index is 7.89. The molecule has 2 atom stereocenters. The highest BCUT2D eigenvalue weighted by molar-refractivity contribution is 5.81. The number of rotatable bonds is 3. The third-order valence-electron chi connectivity index (χ3n) is 7.07. The van der Waals surface area contributed by atoms with Crippen LogP contribution in [0, 0.1) is 5.41 Å². The molecule has 2 unspecified atom stereocenters. The molecule has 4 nitrogen and oxygen atoms in total. The van der Waals surface area contributed by atoms with Crippen LogP contribution in [-0.4, -0.2) is 5.90 Å². The van der Waals surface area contributed by atoms with Crippen LogP contribution in [0.4, 0.5) is 0 Å². The second-order valence-electron chi connectivity index (χ2n) is 9.02. The molecular formula is C30H31N3O+2. The number of nitrogens with zero attached hydrogens (tertiary/aromatic N) is 2. The predicted molar refractivity (Wildman–Crippen MR) is 136 cm³/mol. The molecular weight excluding hydrogens is 418 g/mol. The predicted octanol–water partition coefficient (Wildman–Crippen LogP) is 6.22. The average Bonchev–Trinajstić information content (AvgIpc) is 2.90. The summed E-state index contributed by atoms with van der Waals surface area (Å²) >= 11 is 0. The summed E-state index contributed by atoms with van der Waals surface area (Å²) in [6.07, 6.45) is 7.07. The minimum absolute atomic E-state index is 0.123. The Bertz CT molecular complexity index is 1350. The van der Waals surface area contributed by atoms with Gasteiger partial charge in [0.05, 0.1) is 11.1 Å². The summed E-state index contributed by atoms with van der Waals surface area (Å²) in [5.41, 5.74) is 8.15. The van der Waals surface area contributed by atoms with Gasteiger partial charge in [0, 0.05) is 37.6 Å². The van der Waals surface area contributed by atoms with Crippen molar-refractivity contribution in [3.8, 4) is 11.3 Å². The van der Waals surface area contributed by atoms with E-state index in [9.17, 15) is 0 Å². The van der Waals surface area contributed by atoms with E-state index in [2.05, 4.69) is 90.1 Å². The van der Waals surface area contributed by atoms with E-state index in [4.69, 9.17) is 10.1 Å². The Kier molecular flexibility index (Phi) is 5.74. The van der Waals surface area contributed by atoms with Crippen LogP contribution in [0.15, 0.2) is 97.5 Å². The van der Waals surface area contributed by atoms with E-state index < -0.39 is 0 Å². The van der Waals surface area contributed by atoms with Gasteiger partial charge in [-0.1, -0.05) is 37.3 Å². The summed E-state index contributed by atoms with van der Waals surface area (Å²) in [6.45, 7) is 12.7. The number of fused-ring (bicyclic) bond motifs is 7. The molecule has 0 spiro atoms. The molecule has 4 heterocycles. The first-order valence-corrected chi connectivity index (χ1v) is 11.9. The number of allylic oxidation sites excluding steroid dienone is 3. The maximum absolute atomic E-state index is 7.89. The van der Waals surface area contributed by atoms with E-state index in [1.54, 1.807) is 6.92 Å². The van der Waals surface area contributed by atoms with Gasteiger partial charge in [-0.25, -0.2) is 0 Å². The van der Waals surface area contributed by atoms with Gasteiger partial charge in [-0.2, -0.15) is 9.13 Å². The van der Waals surface area contributed by atoms with Crippen LogP contribution in [0.5, 0.6) is 0 Å². The molecule has 170 valence electrons. The zero-order chi connectivity index (χ0) is 23.8. The fourth-order valence-electron chi connectivity index (χ4n) is 5.65. The summed E-state index contributed by atoms with van der Waals surface area (Å²) in [4.78, 5) is 0. The summed E-state index contributed by atoms with van der Waals surface area (Å²) in [6, 6.07) is 21.6. The van der Waals surface area contributed by atoms with Crippen molar-refractivity contribution in [2.75, 3.05) is 0 Å². The fraction of sp³-hybridized carbons (Fsp3) is 0.233. The van der Waals surface area contributed by atoms with Gasteiger partial charge in [-0.15, -0.1) is 0 Å². The Labute approximate surface area is 201 Å². The summed E-state index contributed by atoms with van der Waals surface area (Å²) in [5, 5.41) is 7.89. The number of benzene rings is 1. The summed E-state index contributed by atoms with van der Waals surface area (Å²) in [7, 11) is 0. The molecule has 1 N–H and O–H groups in total. The molecule has 5 rings (SSSR count). The van der Waals surface area contributed by atoms with Gasteiger partial charge < -0.3 is 4.74 Å². The molecule has 2 aliphatic heterocycles.